The standard InChI is InChI=1S/C41H40N2O2.2C4H9.Sn/c1-6-25-41(26-7-2,27-8-3)33-19-17-30(18-20-33)38(34-21-23-36(42-34)39(44)31-13-9-28(4)10-14-31)35-22-24-37(43-35)40(45)32-15-11-29(5)12-16-32;2*1-3-4-2;/h6-24,38H,1-3,25-27H2,4-5H3,(H2,42,43,44,45);2*1,3-4H2,2H3;/q;;;+2/p-2. The fourth-order valence-electron chi connectivity index (χ4n) is 8.89. The van der Waals surface area contributed by atoms with Gasteiger partial charge in [-0.3, -0.25) is 0 Å². The van der Waals surface area contributed by atoms with Crippen LogP contribution in [0, 0.1) is 13.8 Å². The first-order valence-corrected chi connectivity index (χ1v) is 26.4. The Morgan fingerprint density at radius 1 is 0.611 bits per heavy atom. The van der Waals surface area contributed by atoms with Gasteiger partial charge in [0, 0.05) is 0 Å². The monoisotopic (exact) mass is 824 g/mol. The van der Waals surface area contributed by atoms with Crippen molar-refractivity contribution in [3.05, 3.63) is 191 Å². The Kier molecular flexibility index (Phi) is 12.3. The number of carbonyl (C=O) groups is 2. The zero-order valence-electron chi connectivity index (χ0n) is 32.7. The van der Waals surface area contributed by atoms with Crippen molar-refractivity contribution in [3.63, 3.8) is 0 Å². The average molecular weight is 824 g/mol. The number of unbranched alkanes of at least 4 members (excludes halogenated alkanes) is 2. The summed E-state index contributed by atoms with van der Waals surface area (Å²) in [5.41, 5.74) is 9.74. The summed E-state index contributed by atoms with van der Waals surface area (Å²) in [5.74, 6) is -0.0529. The molecule has 0 amide bonds. The van der Waals surface area contributed by atoms with Crippen molar-refractivity contribution in [2.75, 3.05) is 0 Å². The van der Waals surface area contributed by atoms with Crippen LogP contribution in [0.5, 0.6) is 0 Å². The van der Waals surface area contributed by atoms with Crippen molar-refractivity contribution >= 4 is 30.5 Å². The summed E-state index contributed by atoms with van der Waals surface area (Å²) in [6.07, 6.45) is 12.6. The van der Waals surface area contributed by atoms with E-state index in [2.05, 4.69) is 102 Å². The molecule has 0 bridgehead atoms. The quantitative estimate of drug-likeness (QED) is 0.0502. The van der Waals surface area contributed by atoms with Crippen LogP contribution in [-0.2, 0) is 5.41 Å². The number of allylic oxidation sites excluding steroid dienone is 3. The number of rotatable bonds is 18. The predicted molar refractivity (Wildman–Crippen MR) is 228 cm³/mol. The number of ketones is 2. The molecule has 4 nitrogen and oxygen atoms in total. The van der Waals surface area contributed by atoms with Crippen molar-refractivity contribution in [1.82, 2.24) is 5.58 Å². The molecule has 0 saturated heterocycles. The molecule has 0 N–H and O–H groups in total. The van der Waals surface area contributed by atoms with Gasteiger partial charge >= 0.3 is 330 Å². The summed E-state index contributed by atoms with van der Waals surface area (Å²) in [4.78, 5) is 29.5. The Morgan fingerprint density at radius 3 is 1.39 bits per heavy atom. The van der Waals surface area contributed by atoms with Gasteiger partial charge in [0.1, 0.15) is 0 Å². The summed E-state index contributed by atoms with van der Waals surface area (Å²) >= 11 is -3.98. The zero-order chi connectivity index (χ0) is 38.5. The average Bonchev–Trinajstić information content (AvgIpc) is 3.83. The molecular formula is C49H56N2O2Sn. The van der Waals surface area contributed by atoms with Crippen molar-refractivity contribution < 1.29 is 9.59 Å². The van der Waals surface area contributed by atoms with Gasteiger partial charge in [-0.1, -0.05) is 0 Å². The van der Waals surface area contributed by atoms with Crippen LogP contribution in [0.15, 0.2) is 135 Å². The van der Waals surface area contributed by atoms with Gasteiger partial charge in [-0.05, 0) is 0 Å². The Morgan fingerprint density at radius 2 is 1.02 bits per heavy atom. The minimum absolute atomic E-state index is 0.0505. The summed E-state index contributed by atoms with van der Waals surface area (Å²) in [5, 5.41) is 0. The van der Waals surface area contributed by atoms with Crippen LogP contribution in [0.3, 0.4) is 0 Å². The molecule has 5 aromatic rings. The van der Waals surface area contributed by atoms with E-state index < -0.39 is 18.9 Å². The molecule has 0 saturated carbocycles. The fraction of sp³-hybridized carbons (Fsp3) is 0.306. The Labute approximate surface area is 327 Å². The van der Waals surface area contributed by atoms with Crippen LogP contribution >= 0.6 is 0 Å². The molecule has 6 rings (SSSR count). The Hall–Kier alpha value is -4.42. The first kappa shape index (κ1) is 39.3. The normalized spacial score (nSPS) is 13.6. The summed E-state index contributed by atoms with van der Waals surface area (Å²) in [6.45, 7) is 20.9. The first-order chi connectivity index (χ1) is 26.2. The second kappa shape index (κ2) is 16.9. The van der Waals surface area contributed by atoms with Crippen LogP contribution < -0.4 is 0 Å². The third-order valence-corrected chi connectivity index (χ3v) is 25.9. The molecule has 0 spiro atoms. The number of carbonyl (C=O) groups excluding carboxylic acids is 2. The molecule has 54 heavy (non-hydrogen) atoms. The third-order valence-electron chi connectivity index (χ3n) is 11.7. The molecule has 1 aliphatic rings. The zero-order valence-corrected chi connectivity index (χ0v) is 35.6. The molecule has 5 heteroatoms. The van der Waals surface area contributed by atoms with Crippen LogP contribution in [0.25, 0.3) is 0 Å². The number of aromatic nitrogens is 2. The molecule has 0 radical (unpaired) electrons. The Bertz CT molecular complexity index is 1990. The topological polar surface area (TPSA) is 44.0 Å². The molecule has 1 aliphatic heterocycles. The van der Waals surface area contributed by atoms with Gasteiger partial charge in [-0.15, -0.1) is 0 Å². The number of fused-ring (bicyclic) bond motifs is 2. The summed E-state index contributed by atoms with van der Waals surface area (Å²) in [6, 6.07) is 33.6. The molecule has 0 fully saturated rings. The summed E-state index contributed by atoms with van der Waals surface area (Å²) < 4.78 is 7.15. The van der Waals surface area contributed by atoms with Gasteiger partial charge in [-0.2, -0.15) is 0 Å². The van der Waals surface area contributed by atoms with E-state index in [0.29, 0.717) is 11.1 Å². The number of hydrogen-bond acceptors (Lipinski definition) is 2. The predicted octanol–water partition coefficient (Wildman–Crippen LogP) is 12.3. The molecule has 0 atom stereocenters. The van der Waals surface area contributed by atoms with E-state index in [-0.39, 0.29) is 22.9 Å². The van der Waals surface area contributed by atoms with Gasteiger partial charge in [0.15, 0.2) is 0 Å². The van der Waals surface area contributed by atoms with E-state index in [1.807, 2.05) is 66.8 Å². The van der Waals surface area contributed by atoms with Crippen molar-refractivity contribution in [3.8, 4) is 0 Å². The number of nitrogens with zero attached hydrogens (tertiary/aromatic N) is 2. The van der Waals surface area contributed by atoms with Gasteiger partial charge in [0.2, 0.25) is 0 Å². The van der Waals surface area contributed by atoms with Crippen LogP contribution in [0.2, 0.25) is 8.87 Å². The fourth-order valence-corrected chi connectivity index (χ4v) is 25.4. The molecule has 3 aromatic carbocycles. The van der Waals surface area contributed by atoms with Gasteiger partial charge in [0.25, 0.3) is 0 Å². The van der Waals surface area contributed by atoms with Gasteiger partial charge < -0.3 is 0 Å². The van der Waals surface area contributed by atoms with E-state index in [9.17, 15) is 9.59 Å². The van der Waals surface area contributed by atoms with Crippen molar-refractivity contribution in [2.45, 2.75) is 92.8 Å². The number of benzene rings is 3. The van der Waals surface area contributed by atoms with Crippen molar-refractivity contribution in [2.24, 2.45) is 0 Å². The Balaban J connectivity index is 1.63. The van der Waals surface area contributed by atoms with E-state index >= 15 is 0 Å². The molecule has 0 unspecified atom stereocenters. The van der Waals surface area contributed by atoms with E-state index in [1.54, 1.807) is 0 Å². The third kappa shape index (κ3) is 7.22. The first-order valence-electron chi connectivity index (χ1n) is 19.8. The van der Waals surface area contributed by atoms with Crippen molar-refractivity contribution in [1.29, 1.82) is 0 Å². The maximum absolute atomic E-state index is 14.7. The van der Waals surface area contributed by atoms with Crippen LogP contribution in [0.1, 0.15) is 130 Å². The van der Waals surface area contributed by atoms with Crippen LogP contribution in [-0.4, -0.2) is 36.1 Å². The summed E-state index contributed by atoms with van der Waals surface area (Å²) in [7, 11) is 0. The van der Waals surface area contributed by atoms with Gasteiger partial charge in [0.05, 0.1) is 0 Å². The van der Waals surface area contributed by atoms with Crippen LogP contribution in [0.4, 0.5) is 0 Å². The molecule has 2 aromatic heterocycles. The molecule has 278 valence electrons. The van der Waals surface area contributed by atoms with Gasteiger partial charge in [-0.25, -0.2) is 0 Å². The molecule has 3 heterocycles. The maximum atomic E-state index is 14.7. The van der Waals surface area contributed by atoms with E-state index in [1.165, 1.54) is 17.0 Å². The number of aryl methyl sites for hydroxylation is 2. The second-order valence-corrected chi connectivity index (χ2v) is 26.4. The SMILES string of the molecule is C=CCC(CC=C)(CC=C)c1ccc(C2c3ccc(C(=O)c4ccc(C)cc4)[n]3[Sn]([CH2]CCC)([CH2]CCC)[n]3c(C(=O)c4ccc(C)cc4)ccc32)cc1. The molecule has 0 aliphatic carbocycles. The second-order valence-electron chi connectivity index (χ2n) is 15.4. The van der Waals surface area contributed by atoms with E-state index in [4.69, 9.17) is 0 Å². The minimum atomic E-state index is -3.98. The molecular weight excluding hydrogens is 767 g/mol. The number of hydrogen-bond donors (Lipinski definition) is 0. The van der Waals surface area contributed by atoms with E-state index in [0.717, 1.165) is 81.9 Å².